The van der Waals surface area contributed by atoms with E-state index in [0.717, 1.165) is 11.0 Å². The second-order valence-electron chi connectivity index (χ2n) is 8.06. The van der Waals surface area contributed by atoms with Crippen LogP contribution in [-0.4, -0.2) is 17.6 Å². The molecule has 11 heteroatoms. The summed E-state index contributed by atoms with van der Waals surface area (Å²) in [7, 11) is 0. The first-order valence-corrected chi connectivity index (χ1v) is 10.6. The van der Waals surface area contributed by atoms with E-state index in [1.54, 1.807) is 24.0 Å². The SMILES string of the molecule is CC1CN(c2ccc(O)cc2)c2cc(Cl)ccc2N(c2ccc(C(F)(F)F)c(C(F)(F)F)c2)C1=O. The quantitative estimate of drug-likeness (QED) is 0.359. The summed E-state index contributed by atoms with van der Waals surface area (Å²) in [6, 6.07) is 11.9. The average molecular weight is 515 g/mol. The number of hydrogen-bond acceptors (Lipinski definition) is 3. The van der Waals surface area contributed by atoms with Crippen LogP contribution < -0.4 is 9.80 Å². The van der Waals surface area contributed by atoms with E-state index in [1.807, 2.05) is 0 Å². The predicted octanol–water partition coefficient (Wildman–Crippen LogP) is 7.54. The summed E-state index contributed by atoms with van der Waals surface area (Å²) in [5.41, 5.74) is -3.03. The van der Waals surface area contributed by atoms with Crippen LogP contribution in [0.3, 0.4) is 0 Å². The summed E-state index contributed by atoms with van der Waals surface area (Å²) < 4.78 is 80.6. The molecule has 35 heavy (non-hydrogen) atoms. The number of carbonyl (C=O) groups is 1. The minimum Gasteiger partial charge on any atom is -0.508 e. The molecule has 1 atom stereocenters. The lowest BCUT2D eigenvalue weighted by Gasteiger charge is -2.28. The number of anilines is 4. The third-order valence-electron chi connectivity index (χ3n) is 5.60. The first-order valence-electron chi connectivity index (χ1n) is 10.3. The lowest BCUT2D eigenvalue weighted by atomic mass is 10.0. The summed E-state index contributed by atoms with van der Waals surface area (Å²) in [5, 5.41) is 9.91. The molecule has 1 aliphatic heterocycles. The Balaban J connectivity index is 1.94. The monoisotopic (exact) mass is 514 g/mol. The number of phenolic OH excluding ortho intramolecular Hbond substituents is 1. The van der Waals surface area contributed by atoms with Gasteiger partial charge in [0.05, 0.1) is 28.4 Å². The van der Waals surface area contributed by atoms with Gasteiger partial charge < -0.3 is 10.0 Å². The fourth-order valence-electron chi connectivity index (χ4n) is 3.99. The number of fused-ring (bicyclic) bond motifs is 1. The Hall–Kier alpha value is -3.40. The molecule has 0 saturated carbocycles. The van der Waals surface area contributed by atoms with Gasteiger partial charge >= 0.3 is 12.4 Å². The zero-order chi connectivity index (χ0) is 25.7. The molecule has 0 bridgehead atoms. The molecule has 0 aliphatic carbocycles. The number of halogens is 7. The maximum absolute atomic E-state index is 13.6. The maximum Gasteiger partial charge on any atom is 0.417 e. The first kappa shape index (κ1) is 24.7. The summed E-state index contributed by atoms with van der Waals surface area (Å²) in [6.07, 6.45) is -10.5. The van der Waals surface area contributed by atoms with Crippen molar-refractivity contribution in [3.8, 4) is 5.75 Å². The van der Waals surface area contributed by atoms with Crippen molar-refractivity contribution in [3.05, 3.63) is 76.8 Å². The first-order chi connectivity index (χ1) is 16.3. The van der Waals surface area contributed by atoms with Crippen molar-refractivity contribution < 1.29 is 36.2 Å². The number of rotatable bonds is 2. The van der Waals surface area contributed by atoms with Gasteiger partial charge in [0.15, 0.2) is 0 Å². The molecule has 0 radical (unpaired) electrons. The van der Waals surface area contributed by atoms with Gasteiger partial charge in [-0.25, -0.2) is 0 Å². The number of hydrogen-bond donors (Lipinski definition) is 1. The van der Waals surface area contributed by atoms with Crippen molar-refractivity contribution in [1.29, 1.82) is 0 Å². The Morgan fingerprint density at radius 2 is 1.43 bits per heavy atom. The van der Waals surface area contributed by atoms with Gasteiger partial charge in [-0.05, 0) is 60.7 Å². The lowest BCUT2D eigenvalue weighted by Crippen LogP contribution is -2.33. The molecule has 3 aromatic rings. The van der Waals surface area contributed by atoms with Crippen molar-refractivity contribution in [3.63, 3.8) is 0 Å². The predicted molar refractivity (Wildman–Crippen MR) is 119 cm³/mol. The Morgan fingerprint density at radius 1 is 0.829 bits per heavy atom. The Kier molecular flexibility index (Phi) is 6.12. The zero-order valence-electron chi connectivity index (χ0n) is 18.0. The molecule has 0 spiro atoms. The summed E-state index contributed by atoms with van der Waals surface area (Å²) in [5.74, 6) is -1.38. The highest BCUT2D eigenvalue weighted by molar-refractivity contribution is 6.31. The molecule has 184 valence electrons. The van der Waals surface area contributed by atoms with Gasteiger partial charge in [-0.15, -0.1) is 0 Å². The second-order valence-corrected chi connectivity index (χ2v) is 8.50. The molecule has 1 N–H and O–H groups in total. The van der Waals surface area contributed by atoms with Gasteiger partial charge in [0.25, 0.3) is 0 Å². The van der Waals surface area contributed by atoms with Crippen LogP contribution in [0.5, 0.6) is 5.75 Å². The standard InChI is InChI=1S/C24H17ClF6N2O2/c1-13-12-32(15-3-6-17(34)7-4-15)21-10-14(25)2-9-20(21)33(22(13)35)16-5-8-18(23(26,27)28)19(11-16)24(29,30)31/h2-11,13,34H,12H2,1H3. The molecule has 0 aromatic heterocycles. The van der Waals surface area contributed by atoms with E-state index in [-0.39, 0.29) is 28.7 Å². The number of benzene rings is 3. The largest absolute Gasteiger partial charge is 0.508 e. The third kappa shape index (κ3) is 4.75. The van der Waals surface area contributed by atoms with Crippen LogP contribution in [0.1, 0.15) is 18.1 Å². The van der Waals surface area contributed by atoms with Crippen molar-refractivity contribution in [1.82, 2.24) is 0 Å². The molecular weight excluding hydrogens is 498 g/mol. The summed E-state index contributed by atoms with van der Waals surface area (Å²) in [4.78, 5) is 16.1. The molecule has 1 amide bonds. The second kappa shape index (κ2) is 8.67. The number of phenols is 1. The molecule has 4 rings (SSSR count). The molecule has 3 aromatic carbocycles. The highest BCUT2D eigenvalue weighted by Crippen LogP contribution is 2.46. The average Bonchev–Trinajstić information content (AvgIpc) is 2.87. The lowest BCUT2D eigenvalue weighted by molar-refractivity contribution is -0.162. The number of alkyl halides is 6. The van der Waals surface area contributed by atoms with Gasteiger partial charge in [0.1, 0.15) is 5.75 Å². The highest BCUT2D eigenvalue weighted by Gasteiger charge is 2.44. The number of carbonyl (C=O) groups excluding carboxylic acids is 1. The number of amides is 1. The fraction of sp³-hybridized carbons (Fsp3) is 0.208. The van der Waals surface area contributed by atoms with Crippen LogP contribution in [0.4, 0.5) is 49.1 Å². The van der Waals surface area contributed by atoms with Gasteiger partial charge in [0.2, 0.25) is 5.91 Å². The van der Waals surface area contributed by atoms with E-state index in [1.165, 1.54) is 30.3 Å². The minimum atomic E-state index is -5.30. The van der Waals surface area contributed by atoms with Crippen molar-refractivity contribution in [2.75, 3.05) is 16.3 Å². The van der Waals surface area contributed by atoms with Gasteiger partial charge in [0, 0.05) is 22.9 Å². The van der Waals surface area contributed by atoms with Crippen LogP contribution in [-0.2, 0) is 17.1 Å². The molecule has 1 unspecified atom stereocenters. The van der Waals surface area contributed by atoms with E-state index in [0.29, 0.717) is 23.5 Å². The van der Waals surface area contributed by atoms with Gasteiger partial charge in [-0.1, -0.05) is 18.5 Å². The third-order valence-corrected chi connectivity index (χ3v) is 5.84. The summed E-state index contributed by atoms with van der Waals surface area (Å²) in [6.45, 7) is 1.66. The molecule has 0 saturated heterocycles. The van der Waals surface area contributed by atoms with E-state index in [9.17, 15) is 36.2 Å². The van der Waals surface area contributed by atoms with Crippen LogP contribution >= 0.6 is 11.6 Å². The van der Waals surface area contributed by atoms with Crippen molar-refractivity contribution in [2.45, 2.75) is 19.3 Å². The molecule has 4 nitrogen and oxygen atoms in total. The van der Waals surface area contributed by atoms with Crippen molar-refractivity contribution in [2.24, 2.45) is 5.92 Å². The van der Waals surface area contributed by atoms with Crippen LogP contribution in [0.15, 0.2) is 60.7 Å². The molecular formula is C24H17ClF6N2O2. The number of nitrogens with zero attached hydrogens (tertiary/aromatic N) is 2. The fourth-order valence-corrected chi connectivity index (χ4v) is 4.15. The Morgan fingerprint density at radius 3 is 2.03 bits per heavy atom. The van der Waals surface area contributed by atoms with Crippen LogP contribution in [0.2, 0.25) is 5.02 Å². The minimum absolute atomic E-state index is 0.00470. The molecule has 1 heterocycles. The van der Waals surface area contributed by atoms with Crippen LogP contribution in [0, 0.1) is 5.92 Å². The van der Waals surface area contributed by atoms with E-state index in [2.05, 4.69) is 0 Å². The smallest absolute Gasteiger partial charge is 0.417 e. The van der Waals surface area contributed by atoms with E-state index >= 15 is 0 Å². The normalized spacial score (nSPS) is 16.8. The Labute approximate surface area is 201 Å². The van der Waals surface area contributed by atoms with Gasteiger partial charge in [-0.2, -0.15) is 26.3 Å². The maximum atomic E-state index is 13.6. The topological polar surface area (TPSA) is 43.8 Å². The summed E-state index contributed by atoms with van der Waals surface area (Å²) >= 11 is 6.19. The van der Waals surface area contributed by atoms with Gasteiger partial charge in [-0.3, -0.25) is 9.69 Å². The van der Waals surface area contributed by atoms with E-state index in [4.69, 9.17) is 11.6 Å². The molecule has 0 fully saturated rings. The van der Waals surface area contributed by atoms with Crippen LogP contribution in [0.25, 0.3) is 0 Å². The Bertz CT molecular complexity index is 1270. The molecule has 1 aliphatic rings. The van der Waals surface area contributed by atoms with Crippen molar-refractivity contribution >= 4 is 40.3 Å². The zero-order valence-corrected chi connectivity index (χ0v) is 18.7. The van der Waals surface area contributed by atoms with E-state index < -0.39 is 35.3 Å². The highest BCUT2D eigenvalue weighted by atomic mass is 35.5. The number of aromatic hydroxyl groups is 1.